The van der Waals surface area contributed by atoms with E-state index in [-0.39, 0.29) is 28.8 Å². The second-order valence-corrected chi connectivity index (χ2v) is 10.6. The Morgan fingerprint density at radius 1 is 1.06 bits per heavy atom. The molecule has 0 bridgehead atoms. The summed E-state index contributed by atoms with van der Waals surface area (Å²) in [6.07, 6.45) is 1.90. The van der Waals surface area contributed by atoms with Gasteiger partial charge in [0, 0.05) is 18.3 Å². The van der Waals surface area contributed by atoms with E-state index in [4.69, 9.17) is 0 Å². The molecular weight excluding hydrogens is 493 g/mol. The van der Waals surface area contributed by atoms with Crippen molar-refractivity contribution in [3.8, 4) is 0 Å². The molecule has 3 aromatic rings. The van der Waals surface area contributed by atoms with Crippen LogP contribution >= 0.6 is 0 Å². The molecule has 0 saturated heterocycles. The number of pyridine rings is 1. The van der Waals surface area contributed by atoms with Gasteiger partial charge in [-0.1, -0.05) is 18.2 Å². The highest BCUT2D eigenvalue weighted by atomic mass is 32.2. The Hall–Kier alpha value is -3.25. The lowest BCUT2D eigenvalue weighted by Gasteiger charge is -2.41. The van der Waals surface area contributed by atoms with Crippen LogP contribution in [0.25, 0.3) is 0 Å². The number of rotatable bonds is 7. The monoisotopic (exact) mass is 520 g/mol. The van der Waals surface area contributed by atoms with Crippen molar-refractivity contribution in [3.05, 3.63) is 72.3 Å². The lowest BCUT2D eigenvalue weighted by molar-refractivity contribution is -0.137. The van der Waals surface area contributed by atoms with Crippen LogP contribution in [0.2, 0.25) is 0 Å². The molecule has 2 heterocycles. The maximum Gasteiger partial charge on any atom is 0.416 e. The number of hydrogen-bond acceptors (Lipinski definition) is 7. The third-order valence-corrected chi connectivity index (χ3v) is 7.62. The Bertz CT molecular complexity index is 1270. The van der Waals surface area contributed by atoms with E-state index in [0.29, 0.717) is 17.7 Å². The quantitative estimate of drug-likeness (QED) is 0.477. The maximum atomic E-state index is 13.2. The van der Waals surface area contributed by atoms with Gasteiger partial charge in [-0.25, -0.2) is 15.0 Å². The van der Waals surface area contributed by atoms with Crippen molar-refractivity contribution in [3.63, 3.8) is 0 Å². The molecule has 1 aromatic carbocycles. The van der Waals surface area contributed by atoms with Crippen molar-refractivity contribution in [1.82, 2.24) is 19.9 Å². The Labute approximate surface area is 208 Å². The van der Waals surface area contributed by atoms with Crippen LogP contribution in [-0.2, 0) is 16.2 Å². The average Bonchev–Trinajstić information content (AvgIpc) is 2.84. The van der Waals surface area contributed by atoms with Crippen LogP contribution in [0.3, 0.4) is 0 Å². The number of aromatic nitrogens is 3. The van der Waals surface area contributed by atoms with Crippen LogP contribution in [0.5, 0.6) is 0 Å². The van der Waals surface area contributed by atoms with Crippen molar-refractivity contribution in [1.29, 1.82) is 0 Å². The fourth-order valence-electron chi connectivity index (χ4n) is 4.54. The molecule has 1 fully saturated rings. The normalized spacial score (nSPS) is 20.8. The van der Waals surface area contributed by atoms with E-state index in [0.717, 1.165) is 18.9 Å². The van der Waals surface area contributed by atoms with Crippen LogP contribution in [0.15, 0.2) is 66.2 Å². The van der Waals surface area contributed by atoms with E-state index in [1.807, 2.05) is 14.1 Å². The molecule has 1 saturated carbocycles. The van der Waals surface area contributed by atoms with Crippen molar-refractivity contribution in [2.24, 2.45) is 0 Å². The first-order valence-electron chi connectivity index (χ1n) is 11.4. The predicted molar refractivity (Wildman–Crippen MR) is 130 cm³/mol. The molecule has 2 aromatic heterocycles. The van der Waals surface area contributed by atoms with E-state index in [9.17, 15) is 21.6 Å². The Balaban J connectivity index is 1.44. The SMILES string of the molecule is CN(C)[C@H]1C[C@@H](c2cccc(C(F)(F)F)c2)CC[C@@H]1Nc1ccc(S(=O)(=O)Nc2ccncn2)nc1. The fourth-order valence-corrected chi connectivity index (χ4v) is 5.48. The lowest BCUT2D eigenvalue weighted by atomic mass is 9.78. The molecule has 12 heteroatoms. The predicted octanol–water partition coefficient (Wildman–Crippen LogP) is 4.37. The molecule has 0 aliphatic heterocycles. The molecule has 3 atom stereocenters. The zero-order valence-corrected chi connectivity index (χ0v) is 20.6. The average molecular weight is 521 g/mol. The summed E-state index contributed by atoms with van der Waals surface area (Å²) in [6.45, 7) is 0. The molecule has 2 N–H and O–H groups in total. The molecule has 0 amide bonds. The van der Waals surface area contributed by atoms with Gasteiger partial charge in [0.15, 0.2) is 5.03 Å². The van der Waals surface area contributed by atoms with Crippen molar-refractivity contribution in [2.45, 2.75) is 48.5 Å². The van der Waals surface area contributed by atoms with Gasteiger partial charge in [-0.2, -0.15) is 21.6 Å². The minimum absolute atomic E-state index is 0.0104. The molecule has 1 aliphatic rings. The minimum Gasteiger partial charge on any atom is -0.379 e. The number of alkyl halides is 3. The largest absolute Gasteiger partial charge is 0.416 e. The van der Waals surface area contributed by atoms with Crippen LogP contribution in [0.1, 0.15) is 36.3 Å². The summed E-state index contributed by atoms with van der Waals surface area (Å²) in [5, 5.41) is 3.28. The van der Waals surface area contributed by atoms with Crippen molar-refractivity contribution < 1.29 is 21.6 Å². The summed E-state index contributed by atoms with van der Waals surface area (Å²) >= 11 is 0. The Kier molecular flexibility index (Phi) is 7.46. The molecule has 0 spiro atoms. The smallest absolute Gasteiger partial charge is 0.379 e. The zero-order valence-electron chi connectivity index (χ0n) is 19.8. The summed E-state index contributed by atoms with van der Waals surface area (Å²) < 4.78 is 67.0. The third kappa shape index (κ3) is 6.11. The highest BCUT2D eigenvalue weighted by molar-refractivity contribution is 7.92. The first-order chi connectivity index (χ1) is 17.0. The number of sulfonamides is 1. The van der Waals surface area contributed by atoms with Gasteiger partial charge < -0.3 is 10.2 Å². The summed E-state index contributed by atoms with van der Waals surface area (Å²) in [5.74, 6) is 0.150. The van der Waals surface area contributed by atoms with Gasteiger partial charge in [0.2, 0.25) is 0 Å². The molecule has 192 valence electrons. The van der Waals surface area contributed by atoms with E-state index in [1.165, 1.54) is 43.0 Å². The van der Waals surface area contributed by atoms with Gasteiger partial charge in [-0.3, -0.25) is 4.72 Å². The summed E-state index contributed by atoms with van der Waals surface area (Å²) in [5.41, 5.74) is 0.727. The molecule has 36 heavy (non-hydrogen) atoms. The van der Waals surface area contributed by atoms with Crippen LogP contribution in [0.4, 0.5) is 24.7 Å². The molecule has 4 rings (SSSR count). The van der Waals surface area contributed by atoms with Gasteiger partial charge >= 0.3 is 6.18 Å². The number of nitrogens with zero attached hydrogens (tertiary/aromatic N) is 4. The van der Waals surface area contributed by atoms with E-state index < -0.39 is 21.8 Å². The highest BCUT2D eigenvalue weighted by Gasteiger charge is 2.35. The van der Waals surface area contributed by atoms with Gasteiger partial charge in [0.05, 0.1) is 17.4 Å². The van der Waals surface area contributed by atoms with Gasteiger partial charge in [-0.15, -0.1) is 0 Å². The number of benzene rings is 1. The fraction of sp³-hybridized carbons (Fsp3) is 0.375. The third-order valence-electron chi connectivity index (χ3n) is 6.35. The summed E-state index contributed by atoms with van der Waals surface area (Å²) in [4.78, 5) is 13.8. The van der Waals surface area contributed by atoms with Crippen molar-refractivity contribution >= 4 is 21.5 Å². The molecule has 1 aliphatic carbocycles. The number of halogens is 3. The summed E-state index contributed by atoms with van der Waals surface area (Å²) in [6, 6.07) is 10.1. The summed E-state index contributed by atoms with van der Waals surface area (Å²) in [7, 11) is -0.0168. The topological polar surface area (TPSA) is 100 Å². The number of nitrogens with one attached hydrogen (secondary N) is 2. The Morgan fingerprint density at radius 2 is 1.86 bits per heavy atom. The minimum atomic E-state index is -4.37. The first kappa shape index (κ1) is 25.8. The number of anilines is 2. The van der Waals surface area contributed by atoms with E-state index >= 15 is 0 Å². The molecule has 0 unspecified atom stereocenters. The van der Waals surface area contributed by atoms with E-state index in [1.54, 1.807) is 12.1 Å². The van der Waals surface area contributed by atoms with Gasteiger partial charge in [0.25, 0.3) is 10.0 Å². The lowest BCUT2D eigenvalue weighted by Crippen LogP contribution is -2.47. The highest BCUT2D eigenvalue weighted by Crippen LogP contribution is 2.38. The second-order valence-electron chi connectivity index (χ2n) is 9.00. The van der Waals surface area contributed by atoms with Gasteiger partial charge in [-0.05, 0) is 69.1 Å². The van der Waals surface area contributed by atoms with Crippen LogP contribution in [-0.4, -0.2) is 54.4 Å². The first-order valence-corrected chi connectivity index (χ1v) is 12.9. The number of likely N-dealkylation sites (N-methyl/N-ethyl adjacent to an activating group) is 1. The molecular formula is C24H27F3N6O2S. The standard InChI is InChI=1S/C24H27F3N6O2S/c1-33(2)21-13-17(16-4-3-5-18(12-16)24(25,26)27)6-8-20(21)31-19-7-9-23(29-14-19)36(34,35)32-22-10-11-28-15-30-22/h3-5,7,9-12,14-15,17,20-21,31H,6,8,13H2,1-2H3,(H,28,30,32)/t17-,20-,21-/m0/s1. The van der Waals surface area contributed by atoms with Crippen LogP contribution in [0, 0.1) is 0 Å². The maximum absolute atomic E-state index is 13.2. The van der Waals surface area contributed by atoms with Gasteiger partial charge in [0.1, 0.15) is 12.1 Å². The second kappa shape index (κ2) is 10.4. The van der Waals surface area contributed by atoms with E-state index in [2.05, 4.69) is 29.9 Å². The number of hydrogen-bond donors (Lipinski definition) is 2. The molecule has 8 nitrogen and oxygen atoms in total. The van der Waals surface area contributed by atoms with Crippen molar-refractivity contribution in [2.75, 3.05) is 24.1 Å². The molecule has 0 radical (unpaired) electrons. The zero-order chi connectivity index (χ0) is 25.9. The Morgan fingerprint density at radius 3 is 2.50 bits per heavy atom. The van der Waals surface area contributed by atoms with Crippen LogP contribution < -0.4 is 10.0 Å².